The molecule has 0 saturated carbocycles. The van der Waals surface area contributed by atoms with Gasteiger partial charge < -0.3 is 24.3 Å². The molecule has 1 amide bonds. The minimum atomic E-state index is -0.926. The Bertz CT molecular complexity index is 1720. The molecule has 2 aliphatic heterocycles. The first-order chi connectivity index (χ1) is 18.7. The normalized spacial score (nSPS) is 17.2. The van der Waals surface area contributed by atoms with Crippen LogP contribution >= 0.6 is 11.3 Å². The topological polar surface area (TPSA) is 117 Å². The van der Waals surface area contributed by atoms with Gasteiger partial charge >= 0.3 is 5.97 Å². The molecule has 2 aromatic carbocycles. The summed E-state index contributed by atoms with van der Waals surface area (Å²) in [7, 11) is 4.46. The average molecular weight is 550 g/mol. The maximum atomic E-state index is 14.1. The number of hydrogen-bond donors (Lipinski definition) is 1. The van der Waals surface area contributed by atoms with Gasteiger partial charge in [-0.25, -0.2) is 9.79 Å². The first-order valence-electron chi connectivity index (χ1n) is 12.2. The molecule has 202 valence electrons. The van der Waals surface area contributed by atoms with E-state index in [1.165, 1.54) is 25.9 Å². The van der Waals surface area contributed by atoms with E-state index in [2.05, 4.69) is 10.3 Å². The van der Waals surface area contributed by atoms with Gasteiger partial charge in [0, 0.05) is 11.3 Å². The van der Waals surface area contributed by atoms with Gasteiger partial charge in [0.15, 0.2) is 16.3 Å². The zero-order valence-electron chi connectivity index (χ0n) is 22.3. The molecule has 1 aromatic heterocycles. The number of carbonyl (C=O) groups is 2. The predicted molar refractivity (Wildman–Crippen MR) is 145 cm³/mol. The molecule has 1 N–H and O–H groups in total. The zero-order chi connectivity index (χ0) is 28.0. The molecule has 11 heteroatoms. The summed E-state index contributed by atoms with van der Waals surface area (Å²) in [6.07, 6.45) is 0. The first-order valence-corrected chi connectivity index (χ1v) is 13.0. The predicted octanol–water partition coefficient (Wildman–Crippen LogP) is 2.45. The lowest BCUT2D eigenvalue weighted by Crippen LogP contribution is -2.40. The van der Waals surface area contributed by atoms with Crippen molar-refractivity contribution in [3.63, 3.8) is 0 Å². The van der Waals surface area contributed by atoms with Gasteiger partial charge in [-0.1, -0.05) is 23.0 Å². The molecule has 2 aliphatic rings. The van der Waals surface area contributed by atoms with Crippen molar-refractivity contribution in [1.29, 1.82) is 0 Å². The smallest absolute Gasteiger partial charge is 0.338 e. The van der Waals surface area contributed by atoms with Crippen molar-refractivity contribution < 1.29 is 28.5 Å². The van der Waals surface area contributed by atoms with Gasteiger partial charge in [0.1, 0.15) is 4.53 Å². The van der Waals surface area contributed by atoms with E-state index in [4.69, 9.17) is 18.9 Å². The summed E-state index contributed by atoms with van der Waals surface area (Å²) in [5.74, 6) is 0.108. The highest BCUT2D eigenvalue weighted by Gasteiger charge is 2.36. The second-order valence-corrected chi connectivity index (χ2v) is 9.94. The molecule has 0 radical (unpaired) electrons. The van der Waals surface area contributed by atoms with Crippen LogP contribution in [0.25, 0.3) is 5.57 Å². The number of rotatable bonds is 6. The maximum absolute atomic E-state index is 14.1. The molecule has 0 fully saturated rings. The van der Waals surface area contributed by atoms with Crippen LogP contribution in [0, 0.1) is 6.92 Å². The van der Waals surface area contributed by atoms with Crippen molar-refractivity contribution in [3.05, 3.63) is 78.0 Å². The molecule has 5 rings (SSSR count). The van der Waals surface area contributed by atoms with Crippen molar-refractivity contribution in [3.8, 4) is 17.2 Å². The lowest BCUT2D eigenvalue weighted by Gasteiger charge is -2.26. The van der Waals surface area contributed by atoms with E-state index in [0.717, 1.165) is 16.9 Å². The number of carbonyl (C=O) groups excluding carboxylic acids is 2. The standard InChI is InChI=1S/C28H27N3O7S/c1-7-38-27(34)20-14(3)29-28-31(22(20)15-11-18(35-4)23(37-6)19(12-15)36-5)26(33)24(39-28)21-16-10-13(2)8-9-17(16)30-25(21)32/h8-12,22H,7H2,1-6H3,(H,30,32)/b24-21-/t22-/m1/s1. The number of amides is 1. The largest absolute Gasteiger partial charge is 0.493 e. The van der Waals surface area contributed by atoms with Crippen molar-refractivity contribution in [2.24, 2.45) is 4.99 Å². The van der Waals surface area contributed by atoms with Crippen LogP contribution < -0.4 is 34.4 Å². The fourth-order valence-electron chi connectivity index (χ4n) is 4.92. The van der Waals surface area contributed by atoms with Gasteiger partial charge in [-0.3, -0.25) is 14.2 Å². The quantitative estimate of drug-likeness (QED) is 0.470. The van der Waals surface area contributed by atoms with Crippen LogP contribution in [0.5, 0.6) is 17.2 Å². The number of aromatic nitrogens is 1. The molecule has 3 heterocycles. The highest BCUT2D eigenvalue weighted by atomic mass is 32.1. The van der Waals surface area contributed by atoms with Crippen LogP contribution in [0.1, 0.15) is 36.6 Å². The Morgan fingerprint density at radius 3 is 2.36 bits per heavy atom. The highest BCUT2D eigenvalue weighted by Crippen LogP contribution is 2.42. The molecule has 1 atom stereocenters. The van der Waals surface area contributed by atoms with Crippen molar-refractivity contribution in [1.82, 2.24) is 4.57 Å². The van der Waals surface area contributed by atoms with Gasteiger partial charge in [0.25, 0.3) is 11.5 Å². The van der Waals surface area contributed by atoms with E-state index < -0.39 is 17.6 Å². The Kier molecular flexibility index (Phi) is 6.77. The third-order valence-corrected chi connectivity index (χ3v) is 7.70. The van der Waals surface area contributed by atoms with E-state index in [1.54, 1.807) is 26.0 Å². The number of methoxy groups -OCH3 is 3. The van der Waals surface area contributed by atoms with Gasteiger partial charge in [-0.05, 0) is 50.6 Å². The summed E-state index contributed by atoms with van der Waals surface area (Å²) < 4.78 is 23.6. The molecule has 0 spiro atoms. The van der Waals surface area contributed by atoms with Gasteiger partial charge in [0.2, 0.25) is 5.75 Å². The number of nitrogens with zero attached hydrogens (tertiary/aromatic N) is 2. The number of benzene rings is 2. The van der Waals surface area contributed by atoms with Gasteiger partial charge in [-0.2, -0.15) is 0 Å². The molecule has 3 aromatic rings. The molecule has 0 bridgehead atoms. The second-order valence-electron chi connectivity index (χ2n) is 8.96. The Hall–Kier alpha value is -4.38. The number of aryl methyl sites for hydroxylation is 1. The van der Waals surface area contributed by atoms with E-state index in [1.807, 2.05) is 25.1 Å². The van der Waals surface area contributed by atoms with E-state index >= 15 is 0 Å². The zero-order valence-corrected chi connectivity index (χ0v) is 23.1. The molecular weight excluding hydrogens is 522 g/mol. The van der Waals surface area contributed by atoms with Crippen LogP contribution in [0.2, 0.25) is 0 Å². The summed E-state index contributed by atoms with van der Waals surface area (Å²) in [4.78, 5) is 45.4. The Labute approximate surface area is 227 Å². The summed E-state index contributed by atoms with van der Waals surface area (Å²) in [5, 5.41) is 2.84. The molecule has 39 heavy (non-hydrogen) atoms. The highest BCUT2D eigenvalue weighted by molar-refractivity contribution is 7.07. The lowest BCUT2D eigenvalue weighted by atomic mass is 9.95. The number of fused-ring (bicyclic) bond motifs is 2. The Morgan fingerprint density at radius 1 is 1.05 bits per heavy atom. The molecule has 0 unspecified atom stereocenters. The monoisotopic (exact) mass is 549 g/mol. The van der Waals surface area contributed by atoms with Crippen molar-refractivity contribution in [2.45, 2.75) is 26.8 Å². The second kappa shape index (κ2) is 10.1. The number of allylic oxidation sites excluding steroid dienone is 1. The SMILES string of the molecule is CCOC(=O)C1=C(C)N=c2s/c(=C3\C(=O)Nc4ccc(C)cc43)c(=O)n2[C@@H]1c1cc(OC)c(OC)c(OC)c1. The molecule has 0 aliphatic carbocycles. The average Bonchev–Trinajstić information content (AvgIpc) is 3.41. The van der Waals surface area contributed by atoms with Crippen molar-refractivity contribution in [2.75, 3.05) is 33.3 Å². The summed E-state index contributed by atoms with van der Waals surface area (Å²) in [5.41, 5.74) is 3.18. The number of ether oxygens (including phenoxy) is 4. The molecule has 10 nitrogen and oxygen atoms in total. The first kappa shape index (κ1) is 26.2. The van der Waals surface area contributed by atoms with Crippen LogP contribution in [0.4, 0.5) is 5.69 Å². The maximum Gasteiger partial charge on any atom is 0.338 e. The van der Waals surface area contributed by atoms with Crippen LogP contribution in [-0.2, 0) is 14.3 Å². The van der Waals surface area contributed by atoms with E-state index in [0.29, 0.717) is 44.6 Å². The van der Waals surface area contributed by atoms with Crippen LogP contribution in [0.3, 0.4) is 0 Å². The number of thiazole rings is 1. The van der Waals surface area contributed by atoms with Gasteiger partial charge in [0.05, 0.1) is 50.8 Å². The Morgan fingerprint density at radius 2 is 1.74 bits per heavy atom. The molecule has 0 saturated heterocycles. The van der Waals surface area contributed by atoms with E-state index in [-0.39, 0.29) is 28.2 Å². The van der Waals surface area contributed by atoms with Crippen LogP contribution in [-0.4, -0.2) is 44.4 Å². The summed E-state index contributed by atoms with van der Waals surface area (Å²) in [6.45, 7) is 5.46. The fourth-order valence-corrected chi connectivity index (χ4v) is 6.07. The number of hydrogen-bond acceptors (Lipinski definition) is 9. The third-order valence-electron chi connectivity index (χ3n) is 6.64. The van der Waals surface area contributed by atoms with Crippen LogP contribution in [0.15, 0.2) is 51.4 Å². The number of nitrogens with one attached hydrogen (secondary N) is 1. The molecular formula is C28H27N3O7S. The summed E-state index contributed by atoms with van der Waals surface area (Å²) >= 11 is 1.10. The number of esters is 1. The van der Waals surface area contributed by atoms with E-state index in [9.17, 15) is 14.4 Å². The third kappa shape index (κ3) is 4.19. The fraction of sp³-hybridized carbons (Fsp3) is 0.286. The minimum absolute atomic E-state index is 0.141. The summed E-state index contributed by atoms with van der Waals surface area (Å²) in [6, 6.07) is 8.02. The lowest BCUT2D eigenvalue weighted by molar-refractivity contribution is -0.139. The minimum Gasteiger partial charge on any atom is -0.493 e. The Balaban J connectivity index is 1.85. The van der Waals surface area contributed by atoms with Gasteiger partial charge in [-0.15, -0.1) is 0 Å². The van der Waals surface area contributed by atoms with Crippen molar-refractivity contribution >= 4 is 34.5 Å². The number of anilines is 1.